The van der Waals surface area contributed by atoms with Crippen LogP contribution in [-0.2, 0) is 10.0 Å². The fraction of sp³-hybridized carbons (Fsp3) is 0.316. The Balaban J connectivity index is 2.15. The number of amides is 1. The third-order valence-corrected chi connectivity index (χ3v) is 4.50. The molecule has 1 atom stereocenters. The molecule has 0 aromatic heterocycles. The van der Waals surface area contributed by atoms with E-state index < -0.39 is 10.0 Å². The van der Waals surface area contributed by atoms with Gasteiger partial charge in [0, 0.05) is 5.56 Å². The van der Waals surface area contributed by atoms with Crippen LogP contribution in [0, 0.1) is 6.92 Å². The van der Waals surface area contributed by atoms with Crippen LogP contribution in [0.2, 0.25) is 0 Å². The molecule has 0 saturated heterocycles. The van der Waals surface area contributed by atoms with Crippen molar-refractivity contribution in [2.45, 2.75) is 26.8 Å². The second-order valence-electron chi connectivity index (χ2n) is 6.05. The molecule has 140 valence electrons. The van der Waals surface area contributed by atoms with Gasteiger partial charge >= 0.3 is 0 Å². The Morgan fingerprint density at radius 1 is 1.15 bits per heavy atom. The summed E-state index contributed by atoms with van der Waals surface area (Å²) in [7, 11) is -3.41. The van der Waals surface area contributed by atoms with Crippen LogP contribution in [0.15, 0.2) is 42.5 Å². The highest BCUT2D eigenvalue weighted by Crippen LogP contribution is 2.22. The topological polar surface area (TPSA) is 84.5 Å². The standard InChI is InChI=1S/C19H24N2O4S/c1-5-25-16-11-9-15(10-12-16)14(3)20-19(22)17-7-6-8-18(13(17)2)21-26(4,23)24/h6-12,14,21H,5H2,1-4H3,(H,20,22). The molecule has 2 N–H and O–H groups in total. The van der Waals surface area contributed by atoms with Gasteiger partial charge in [0.25, 0.3) is 5.91 Å². The Morgan fingerprint density at radius 2 is 1.81 bits per heavy atom. The van der Waals surface area contributed by atoms with Gasteiger partial charge in [-0.2, -0.15) is 0 Å². The number of carbonyl (C=O) groups is 1. The lowest BCUT2D eigenvalue weighted by Gasteiger charge is -2.17. The number of hydrogen-bond acceptors (Lipinski definition) is 4. The zero-order valence-corrected chi connectivity index (χ0v) is 16.2. The van der Waals surface area contributed by atoms with E-state index in [0.717, 1.165) is 17.6 Å². The van der Waals surface area contributed by atoms with Crippen LogP contribution < -0.4 is 14.8 Å². The van der Waals surface area contributed by atoms with Crippen LogP contribution in [0.5, 0.6) is 5.75 Å². The van der Waals surface area contributed by atoms with Crippen LogP contribution in [0.1, 0.15) is 41.4 Å². The van der Waals surface area contributed by atoms with Gasteiger partial charge in [-0.3, -0.25) is 9.52 Å². The summed E-state index contributed by atoms with van der Waals surface area (Å²) in [4.78, 5) is 12.6. The van der Waals surface area contributed by atoms with E-state index in [1.807, 2.05) is 38.1 Å². The number of carbonyl (C=O) groups excluding carboxylic acids is 1. The number of ether oxygens (including phenoxy) is 1. The van der Waals surface area contributed by atoms with Crippen LogP contribution >= 0.6 is 0 Å². The first-order valence-corrected chi connectivity index (χ1v) is 10.2. The molecule has 0 aliphatic rings. The minimum absolute atomic E-state index is 0.205. The lowest BCUT2D eigenvalue weighted by atomic mass is 10.0. The Labute approximate surface area is 154 Å². The molecule has 2 aromatic carbocycles. The molecule has 0 radical (unpaired) electrons. The molecule has 2 rings (SSSR count). The average Bonchev–Trinajstić information content (AvgIpc) is 2.56. The molecular formula is C19H24N2O4S. The summed E-state index contributed by atoms with van der Waals surface area (Å²) in [5.41, 5.74) is 2.35. The summed E-state index contributed by atoms with van der Waals surface area (Å²) < 4.78 is 30.7. The summed E-state index contributed by atoms with van der Waals surface area (Å²) in [6.45, 7) is 6.13. The summed E-state index contributed by atoms with van der Waals surface area (Å²) in [6, 6.07) is 12.3. The van der Waals surface area contributed by atoms with Gasteiger partial charge in [0.15, 0.2) is 0 Å². The first-order chi connectivity index (χ1) is 12.2. The van der Waals surface area contributed by atoms with E-state index in [4.69, 9.17) is 4.74 Å². The molecule has 6 nitrogen and oxygen atoms in total. The van der Waals surface area contributed by atoms with E-state index in [2.05, 4.69) is 10.0 Å². The van der Waals surface area contributed by atoms with E-state index in [1.54, 1.807) is 25.1 Å². The maximum absolute atomic E-state index is 12.6. The second-order valence-corrected chi connectivity index (χ2v) is 7.80. The molecule has 1 amide bonds. The van der Waals surface area contributed by atoms with E-state index in [-0.39, 0.29) is 11.9 Å². The number of sulfonamides is 1. The highest BCUT2D eigenvalue weighted by Gasteiger charge is 2.16. The van der Waals surface area contributed by atoms with E-state index in [0.29, 0.717) is 23.4 Å². The number of hydrogen-bond donors (Lipinski definition) is 2. The summed E-state index contributed by atoms with van der Waals surface area (Å²) >= 11 is 0. The first-order valence-electron chi connectivity index (χ1n) is 8.32. The number of benzene rings is 2. The van der Waals surface area contributed by atoms with Crippen molar-refractivity contribution >= 4 is 21.6 Å². The van der Waals surface area contributed by atoms with Crippen molar-refractivity contribution in [2.75, 3.05) is 17.6 Å². The van der Waals surface area contributed by atoms with E-state index in [9.17, 15) is 13.2 Å². The quantitative estimate of drug-likeness (QED) is 0.777. The maximum atomic E-state index is 12.6. The van der Waals surface area contributed by atoms with Crippen LogP contribution in [0.4, 0.5) is 5.69 Å². The summed E-state index contributed by atoms with van der Waals surface area (Å²) in [5.74, 6) is 0.520. The van der Waals surface area contributed by atoms with Gasteiger partial charge in [0.05, 0.1) is 24.6 Å². The van der Waals surface area contributed by atoms with Crippen LogP contribution in [0.3, 0.4) is 0 Å². The predicted molar refractivity (Wildman–Crippen MR) is 103 cm³/mol. The Kier molecular flexibility index (Phi) is 6.26. The van der Waals surface area contributed by atoms with Crippen LogP contribution in [0.25, 0.3) is 0 Å². The minimum Gasteiger partial charge on any atom is -0.494 e. The van der Waals surface area contributed by atoms with Crippen molar-refractivity contribution in [1.29, 1.82) is 0 Å². The number of nitrogens with one attached hydrogen (secondary N) is 2. The van der Waals surface area contributed by atoms with Crippen LogP contribution in [-0.4, -0.2) is 27.2 Å². The molecule has 7 heteroatoms. The summed E-state index contributed by atoms with van der Waals surface area (Å²) in [5, 5.41) is 2.94. The second kappa shape index (κ2) is 8.23. The lowest BCUT2D eigenvalue weighted by molar-refractivity contribution is 0.0939. The van der Waals surface area contributed by atoms with Crippen molar-refractivity contribution < 1.29 is 17.9 Å². The van der Waals surface area contributed by atoms with E-state index in [1.165, 1.54) is 0 Å². The maximum Gasteiger partial charge on any atom is 0.252 e. The molecular weight excluding hydrogens is 352 g/mol. The predicted octanol–water partition coefficient (Wildman–Crippen LogP) is 3.26. The van der Waals surface area contributed by atoms with Crippen molar-refractivity contribution in [2.24, 2.45) is 0 Å². The van der Waals surface area contributed by atoms with E-state index >= 15 is 0 Å². The van der Waals surface area contributed by atoms with Gasteiger partial charge in [-0.15, -0.1) is 0 Å². The Bertz CT molecular complexity index is 877. The number of rotatable bonds is 7. The van der Waals surface area contributed by atoms with Crippen molar-refractivity contribution in [3.05, 3.63) is 59.2 Å². The van der Waals surface area contributed by atoms with Crippen molar-refractivity contribution in [3.63, 3.8) is 0 Å². The molecule has 0 fully saturated rings. The lowest BCUT2D eigenvalue weighted by Crippen LogP contribution is -2.27. The molecule has 0 heterocycles. The van der Waals surface area contributed by atoms with Gasteiger partial charge in [0.2, 0.25) is 10.0 Å². The van der Waals surface area contributed by atoms with Gasteiger partial charge in [-0.1, -0.05) is 18.2 Å². The number of anilines is 1. The normalized spacial score (nSPS) is 12.3. The third kappa shape index (κ3) is 5.23. The third-order valence-electron chi connectivity index (χ3n) is 3.91. The average molecular weight is 376 g/mol. The monoisotopic (exact) mass is 376 g/mol. The highest BCUT2D eigenvalue weighted by molar-refractivity contribution is 7.92. The molecule has 26 heavy (non-hydrogen) atoms. The molecule has 0 spiro atoms. The van der Waals surface area contributed by atoms with Gasteiger partial charge < -0.3 is 10.1 Å². The fourth-order valence-electron chi connectivity index (χ4n) is 2.57. The molecule has 0 saturated carbocycles. The molecule has 2 aromatic rings. The van der Waals surface area contributed by atoms with Gasteiger partial charge in [-0.25, -0.2) is 8.42 Å². The largest absolute Gasteiger partial charge is 0.494 e. The zero-order chi connectivity index (χ0) is 19.3. The fourth-order valence-corrected chi connectivity index (χ4v) is 3.19. The Morgan fingerprint density at radius 3 is 2.38 bits per heavy atom. The highest BCUT2D eigenvalue weighted by atomic mass is 32.2. The minimum atomic E-state index is -3.41. The summed E-state index contributed by atoms with van der Waals surface area (Å²) in [6.07, 6.45) is 1.08. The van der Waals surface area contributed by atoms with Gasteiger partial charge in [-0.05, 0) is 56.2 Å². The smallest absolute Gasteiger partial charge is 0.252 e. The SMILES string of the molecule is CCOc1ccc(C(C)NC(=O)c2cccc(NS(C)(=O)=O)c2C)cc1. The zero-order valence-electron chi connectivity index (χ0n) is 15.4. The molecule has 1 unspecified atom stereocenters. The molecule has 0 aliphatic carbocycles. The Hall–Kier alpha value is -2.54. The van der Waals surface area contributed by atoms with Gasteiger partial charge in [0.1, 0.15) is 5.75 Å². The molecule has 0 aliphatic heterocycles. The first kappa shape index (κ1) is 19.8. The van der Waals surface area contributed by atoms with Crippen molar-refractivity contribution in [3.8, 4) is 5.75 Å². The molecule has 0 bridgehead atoms. The van der Waals surface area contributed by atoms with Crippen molar-refractivity contribution in [1.82, 2.24) is 5.32 Å².